The number of rotatable bonds is 4. The number of benzene rings is 1. The van der Waals surface area contributed by atoms with Crippen molar-refractivity contribution in [2.75, 3.05) is 20.2 Å². The third kappa shape index (κ3) is 4.11. The molecule has 0 saturated carbocycles. The Morgan fingerprint density at radius 1 is 1.19 bits per heavy atom. The molecule has 0 unspecified atom stereocenters. The van der Waals surface area contributed by atoms with Crippen molar-refractivity contribution in [1.82, 2.24) is 14.9 Å². The fraction of sp³-hybridized carbons (Fsp3) is 0.333. The van der Waals surface area contributed by atoms with Crippen LogP contribution >= 0.6 is 11.6 Å². The van der Waals surface area contributed by atoms with E-state index in [1.54, 1.807) is 29.2 Å². The van der Waals surface area contributed by atoms with Gasteiger partial charge in [-0.25, -0.2) is 14.8 Å². The van der Waals surface area contributed by atoms with Gasteiger partial charge >= 0.3 is 12.0 Å². The predicted octanol–water partition coefficient (Wildman–Crippen LogP) is 2.60. The number of methoxy groups -OCH3 is 1. The van der Waals surface area contributed by atoms with E-state index in [1.807, 2.05) is 0 Å². The maximum absolute atomic E-state index is 12.9. The van der Waals surface area contributed by atoms with Gasteiger partial charge in [-0.2, -0.15) is 0 Å². The van der Waals surface area contributed by atoms with Gasteiger partial charge in [-0.05, 0) is 25.0 Å². The smallest absolute Gasteiger partial charge is 0.338 e. The van der Waals surface area contributed by atoms with Crippen molar-refractivity contribution < 1.29 is 19.1 Å². The van der Waals surface area contributed by atoms with Gasteiger partial charge in [0, 0.05) is 6.54 Å². The number of aromatic nitrogens is 2. The molecule has 1 atom stereocenters. The Kier molecular flexibility index (Phi) is 5.68. The SMILES string of the molecule is COC(=O)c1ccccc1C(=O)N1CCC[C@H](Oc2ncc(Cl)cn2)C1. The first-order valence-electron chi connectivity index (χ1n) is 8.19. The molecule has 0 spiro atoms. The number of esters is 1. The van der Waals surface area contributed by atoms with E-state index in [-0.39, 0.29) is 23.6 Å². The van der Waals surface area contributed by atoms with Crippen LogP contribution in [0.3, 0.4) is 0 Å². The third-order valence-electron chi connectivity index (χ3n) is 4.10. The molecule has 1 aliphatic heterocycles. The highest BCUT2D eigenvalue weighted by atomic mass is 35.5. The Bertz CT molecular complexity index is 797. The summed E-state index contributed by atoms with van der Waals surface area (Å²) in [5.41, 5.74) is 0.576. The number of amides is 1. The highest BCUT2D eigenvalue weighted by Crippen LogP contribution is 2.20. The summed E-state index contributed by atoms with van der Waals surface area (Å²) in [4.78, 5) is 34.5. The fourth-order valence-electron chi connectivity index (χ4n) is 2.86. The third-order valence-corrected chi connectivity index (χ3v) is 4.29. The number of nitrogens with zero attached hydrogens (tertiary/aromatic N) is 3. The van der Waals surface area contributed by atoms with Gasteiger partial charge in [0.1, 0.15) is 6.10 Å². The van der Waals surface area contributed by atoms with Crippen LogP contribution in [0.5, 0.6) is 6.01 Å². The number of hydrogen-bond acceptors (Lipinski definition) is 6. The van der Waals surface area contributed by atoms with Gasteiger partial charge in [0.2, 0.25) is 0 Å². The molecule has 3 rings (SSSR count). The van der Waals surface area contributed by atoms with Gasteiger partial charge in [0.15, 0.2) is 0 Å². The zero-order valence-corrected chi connectivity index (χ0v) is 15.0. The molecule has 1 amide bonds. The number of piperidine rings is 1. The van der Waals surface area contributed by atoms with Crippen LogP contribution in [-0.4, -0.2) is 53.0 Å². The van der Waals surface area contributed by atoms with Crippen LogP contribution < -0.4 is 4.74 Å². The van der Waals surface area contributed by atoms with E-state index < -0.39 is 5.97 Å². The molecule has 7 nitrogen and oxygen atoms in total. The number of hydrogen-bond donors (Lipinski definition) is 0. The lowest BCUT2D eigenvalue weighted by atomic mass is 10.0. The van der Waals surface area contributed by atoms with E-state index in [9.17, 15) is 9.59 Å². The second kappa shape index (κ2) is 8.14. The average Bonchev–Trinajstić information content (AvgIpc) is 2.69. The molecule has 26 heavy (non-hydrogen) atoms. The standard InChI is InChI=1S/C18H18ClN3O4/c1-25-17(24)15-7-3-2-6-14(15)16(23)22-8-4-5-13(11-22)26-18-20-9-12(19)10-21-18/h2-3,6-7,9-10,13H,4-5,8,11H2,1H3/t13-/m0/s1. The lowest BCUT2D eigenvalue weighted by Crippen LogP contribution is -2.44. The first kappa shape index (κ1) is 18.1. The Morgan fingerprint density at radius 3 is 2.58 bits per heavy atom. The van der Waals surface area contributed by atoms with E-state index in [0.717, 1.165) is 12.8 Å². The van der Waals surface area contributed by atoms with Crippen LogP contribution in [0.2, 0.25) is 5.02 Å². The van der Waals surface area contributed by atoms with Crippen LogP contribution in [-0.2, 0) is 4.74 Å². The second-order valence-electron chi connectivity index (χ2n) is 5.85. The molecule has 0 aliphatic carbocycles. The van der Waals surface area contributed by atoms with Crippen molar-refractivity contribution in [3.05, 3.63) is 52.8 Å². The predicted molar refractivity (Wildman–Crippen MR) is 94.4 cm³/mol. The van der Waals surface area contributed by atoms with Crippen molar-refractivity contribution in [1.29, 1.82) is 0 Å². The van der Waals surface area contributed by atoms with E-state index in [4.69, 9.17) is 21.1 Å². The van der Waals surface area contributed by atoms with Crippen molar-refractivity contribution in [3.8, 4) is 6.01 Å². The maximum Gasteiger partial charge on any atom is 0.338 e. The quantitative estimate of drug-likeness (QED) is 0.764. The van der Waals surface area contributed by atoms with Gasteiger partial charge in [-0.1, -0.05) is 23.7 Å². The van der Waals surface area contributed by atoms with E-state index in [2.05, 4.69) is 9.97 Å². The van der Waals surface area contributed by atoms with E-state index >= 15 is 0 Å². The molecule has 1 aliphatic rings. The monoisotopic (exact) mass is 375 g/mol. The second-order valence-corrected chi connectivity index (χ2v) is 6.29. The number of carbonyl (C=O) groups is 2. The lowest BCUT2D eigenvalue weighted by Gasteiger charge is -2.32. The molecule has 0 N–H and O–H groups in total. The highest BCUT2D eigenvalue weighted by molar-refractivity contribution is 6.30. The molecular formula is C18H18ClN3O4. The Morgan fingerprint density at radius 2 is 1.88 bits per heavy atom. The lowest BCUT2D eigenvalue weighted by molar-refractivity contribution is 0.0502. The fourth-order valence-corrected chi connectivity index (χ4v) is 2.95. The van der Waals surface area contributed by atoms with E-state index in [1.165, 1.54) is 19.5 Å². The molecule has 1 aromatic heterocycles. The summed E-state index contributed by atoms with van der Waals surface area (Å²) < 4.78 is 10.5. The van der Waals surface area contributed by atoms with Crippen LogP contribution in [0.4, 0.5) is 0 Å². The summed E-state index contributed by atoms with van der Waals surface area (Å²) in [5.74, 6) is -0.760. The molecule has 1 fully saturated rings. The summed E-state index contributed by atoms with van der Waals surface area (Å²) in [5, 5.41) is 0.428. The summed E-state index contributed by atoms with van der Waals surface area (Å²) in [6.07, 6.45) is 4.27. The molecule has 1 aromatic carbocycles. The molecule has 8 heteroatoms. The number of likely N-dealkylation sites (tertiary alicyclic amines) is 1. The van der Waals surface area contributed by atoms with Crippen LogP contribution in [0, 0.1) is 0 Å². The molecule has 1 saturated heterocycles. The highest BCUT2D eigenvalue weighted by Gasteiger charge is 2.28. The zero-order valence-electron chi connectivity index (χ0n) is 14.2. The number of ether oxygens (including phenoxy) is 2. The number of halogens is 1. The summed E-state index contributed by atoms with van der Waals surface area (Å²) in [6, 6.07) is 6.85. The average molecular weight is 376 g/mol. The maximum atomic E-state index is 12.9. The largest absolute Gasteiger partial charge is 0.465 e. The van der Waals surface area contributed by atoms with Crippen LogP contribution in [0.15, 0.2) is 36.7 Å². The minimum atomic E-state index is -0.534. The normalized spacial score (nSPS) is 16.8. The Labute approximate surface area is 155 Å². The summed E-state index contributed by atoms with van der Waals surface area (Å²) in [6.45, 7) is 0.982. The van der Waals surface area contributed by atoms with Gasteiger partial charge in [0.05, 0.1) is 42.2 Å². The number of carbonyl (C=O) groups excluding carboxylic acids is 2. The molecule has 2 aromatic rings. The summed E-state index contributed by atoms with van der Waals surface area (Å²) >= 11 is 5.77. The minimum Gasteiger partial charge on any atom is -0.465 e. The first-order chi connectivity index (χ1) is 12.6. The zero-order chi connectivity index (χ0) is 18.5. The van der Waals surface area contributed by atoms with E-state index in [0.29, 0.717) is 23.7 Å². The van der Waals surface area contributed by atoms with Crippen LogP contribution in [0.25, 0.3) is 0 Å². The Hall–Kier alpha value is -2.67. The summed E-state index contributed by atoms with van der Waals surface area (Å²) in [7, 11) is 1.29. The Balaban J connectivity index is 1.72. The molecule has 0 bridgehead atoms. The minimum absolute atomic E-state index is 0.223. The van der Waals surface area contributed by atoms with Crippen molar-refractivity contribution in [3.63, 3.8) is 0 Å². The molecule has 0 radical (unpaired) electrons. The van der Waals surface area contributed by atoms with Gasteiger partial charge in [-0.3, -0.25) is 4.79 Å². The van der Waals surface area contributed by atoms with Gasteiger partial charge in [-0.15, -0.1) is 0 Å². The topological polar surface area (TPSA) is 81.6 Å². The molecule has 136 valence electrons. The van der Waals surface area contributed by atoms with Gasteiger partial charge < -0.3 is 14.4 Å². The molecular weight excluding hydrogens is 358 g/mol. The van der Waals surface area contributed by atoms with Gasteiger partial charge in [0.25, 0.3) is 5.91 Å². The van der Waals surface area contributed by atoms with Crippen LogP contribution in [0.1, 0.15) is 33.6 Å². The van der Waals surface area contributed by atoms with Crippen molar-refractivity contribution in [2.45, 2.75) is 18.9 Å². The van der Waals surface area contributed by atoms with Crippen molar-refractivity contribution >= 4 is 23.5 Å². The molecule has 2 heterocycles. The van der Waals surface area contributed by atoms with Crippen molar-refractivity contribution in [2.24, 2.45) is 0 Å². The first-order valence-corrected chi connectivity index (χ1v) is 8.57.